The van der Waals surface area contributed by atoms with Gasteiger partial charge in [-0.05, 0) is 36.4 Å². The molecule has 0 aliphatic heterocycles. The molecule has 1 heterocycles. The first kappa shape index (κ1) is 15.7. The van der Waals surface area contributed by atoms with E-state index in [1.807, 2.05) is 48.5 Å². The molecule has 0 fully saturated rings. The normalized spacial score (nSPS) is 11.6. The summed E-state index contributed by atoms with van der Waals surface area (Å²) in [6, 6.07) is 14.9. The lowest BCUT2D eigenvalue weighted by Crippen LogP contribution is -2.24. The lowest BCUT2D eigenvalue weighted by atomic mass is 10.3. The highest BCUT2D eigenvalue weighted by molar-refractivity contribution is 5.92. The maximum atomic E-state index is 12.0. The molecule has 0 spiro atoms. The fourth-order valence-electron chi connectivity index (χ4n) is 2.46. The number of benzene rings is 2. The third-order valence-electron chi connectivity index (χ3n) is 3.65. The number of aromatic nitrogens is 2. The van der Waals surface area contributed by atoms with Crippen LogP contribution in [0.3, 0.4) is 0 Å². The van der Waals surface area contributed by atoms with E-state index in [-0.39, 0.29) is 5.69 Å². The Bertz CT molecular complexity index is 909. The molecule has 124 valence electrons. The molecule has 0 saturated carbocycles. The van der Waals surface area contributed by atoms with Crippen LogP contribution in [0.25, 0.3) is 11.0 Å². The average molecular weight is 325 g/mol. The number of aliphatic imine (C=N–C) groups is 1. The first-order chi connectivity index (χ1) is 11.7. The molecule has 0 aliphatic rings. The van der Waals surface area contributed by atoms with E-state index in [1.165, 1.54) is 0 Å². The number of nitrogens with one attached hydrogen (secondary N) is 2. The standard InChI is InChI=1S/C17H19N5O2/c1-24-13-8-6-12(7-9-13)20-16(18)19-10-11-22-15-5-3-2-4-14(15)21-17(22)23/h2-9H,10-11H2,1H3,(H,21,23)(H3,18,19,20). The monoisotopic (exact) mass is 325 g/mol. The van der Waals surface area contributed by atoms with E-state index < -0.39 is 0 Å². The third kappa shape index (κ3) is 3.40. The van der Waals surface area contributed by atoms with Gasteiger partial charge in [-0.1, -0.05) is 12.1 Å². The van der Waals surface area contributed by atoms with E-state index in [1.54, 1.807) is 11.7 Å². The minimum absolute atomic E-state index is 0.145. The van der Waals surface area contributed by atoms with Crippen molar-refractivity contribution in [2.45, 2.75) is 6.54 Å². The Morgan fingerprint density at radius 3 is 2.75 bits per heavy atom. The zero-order valence-electron chi connectivity index (χ0n) is 13.3. The highest BCUT2D eigenvalue weighted by Gasteiger charge is 2.05. The number of nitrogens with two attached hydrogens (primary N) is 1. The Labute approximate surface area is 138 Å². The number of guanidine groups is 1. The smallest absolute Gasteiger partial charge is 0.326 e. The van der Waals surface area contributed by atoms with Gasteiger partial charge >= 0.3 is 5.69 Å². The second-order valence-electron chi connectivity index (χ2n) is 5.22. The van der Waals surface area contributed by atoms with Gasteiger partial charge in [-0.15, -0.1) is 0 Å². The number of imidazole rings is 1. The van der Waals surface area contributed by atoms with E-state index in [0.29, 0.717) is 19.0 Å². The second kappa shape index (κ2) is 6.91. The van der Waals surface area contributed by atoms with Gasteiger partial charge in [-0.3, -0.25) is 9.56 Å². The second-order valence-corrected chi connectivity index (χ2v) is 5.22. The van der Waals surface area contributed by atoms with Crippen LogP contribution in [0, 0.1) is 0 Å². The van der Waals surface area contributed by atoms with Crippen LogP contribution in [0.15, 0.2) is 58.3 Å². The van der Waals surface area contributed by atoms with Crippen molar-refractivity contribution in [3.63, 3.8) is 0 Å². The Kier molecular flexibility index (Phi) is 4.51. The molecule has 0 saturated heterocycles. The number of H-pyrrole nitrogens is 1. The van der Waals surface area contributed by atoms with Gasteiger partial charge in [0.05, 0.1) is 24.7 Å². The molecule has 0 aliphatic carbocycles. The number of hydrogen-bond donors (Lipinski definition) is 3. The molecule has 7 nitrogen and oxygen atoms in total. The van der Waals surface area contributed by atoms with E-state index >= 15 is 0 Å². The Balaban J connectivity index is 1.64. The Morgan fingerprint density at radius 1 is 1.25 bits per heavy atom. The molecular weight excluding hydrogens is 306 g/mol. The number of anilines is 1. The van der Waals surface area contributed by atoms with Crippen LogP contribution < -0.4 is 21.5 Å². The molecule has 0 unspecified atom stereocenters. The largest absolute Gasteiger partial charge is 0.497 e. The number of methoxy groups -OCH3 is 1. The fourth-order valence-corrected chi connectivity index (χ4v) is 2.46. The predicted octanol–water partition coefficient (Wildman–Crippen LogP) is 1.76. The van der Waals surface area contributed by atoms with Crippen molar-refractivity contribution in [2.24, 2.45) is 10.7 Å². The summed E-state index contributed by atoms with van der Waals surface area (Å²) in [6.45, 7) is 0.852. The van der Waals surface area contributed by atoms with E-state index in [2.05, 4.69) is 15.3 Å². The van der Waals surface area contributed by atoms with Crippen molar-refractivity contribution in [1.82, 2.24) is 9.55 Å². The maximum Gasteiger partial charge on any atom is 0.326 e. The number of nitrogens with zero attached hydrogens (tertiary/aromatic N) is 2. The highest BCUT2D eigenvalue weighted by Crippen LogP contribution is 2.14. The van der Waals surface area contributed by atoms with Crippen LogP contribution in [-0.4, -0.2) is 29.2 Å². The summed E-state index contributed by atoms with van der Waals surface area (Å²) in [6.07, 6.45) is 0. The summed E-state index contributed by atoms with van der Waals surface area (Å²) in [5.41, 5.74) is 8.23. The molecule has 2 aromatic carbocycles. The van der Waals surface area contributed by atoms with E-state index in [0.717, 1.165) is 22.5 Å². The minimum Gasteiger partial charge on any atom is -0.497 e. The number of ether oxygens (including phenoxy) is 1. The summed E-state index contributed by atoms with van der Waals surface area (Å²) < 4.78 is 6.75. The zero-order chi connectivity index (χ0) is 16.9. The zero-order valence-corrected chi connectivity index (χ0v) is 13.3. The van der Waals surface area contributed by atoms with Crippen molar-refractivity contribution in [1.29, 1.82) is 0 Å². The number of para-hydroxylation sites is 2. The summed E-state index contributed by atoms with van der Waals surface area (Å²) in [4.78, 5) is 19.0. The molecule has 4 N–H and O–H groups in total. The molecule has 0 atom stereocenters. The molecule has 0 bridgehead atoms. The van der Waals surface area contributed by atoms with Crippen LogP contribution >= 0.6 is 0 Å². The molecule has 0 amide bonds. The van der Waals surface area contributed by atoms with Crippen molar-refractivity contribution < 1.29 is 4.74 Å². The molecular formula is C17H19N5O2. The van der Waals surface area contributed by atoms with Crippen LogP contribution in [-0.2, 0) is 6.54 Å². The number of fused-ring (bicyclic) bond motifs is 1. The van der Waals surface area contributed by atoms with Gasteiger partial charge in [0.25, 0.3) is 0 Å². The van der Waals surface area contributed by atoms with Gasteiger partial charge in [0.1, 0.15) is 5.75 Å². The topological polar surface area (TPSA) is 97.4 Å². The lowest BCUT2D eigenvalue weighted by molar-refractivity contribution is 0.415. The molecule has 3 aromatic rings. The van der Waals surface area contributed by atoms with Crippen molar-refractivity contribution >= 4 is 22.7 Å². The van der Waals surface area contributed by atoms with Crippen molar-refractivity contribution in [3.05, 3.63) is 59.0 Å². The average Bonchev–Trinajstić information content (AvgIpc) is 2.91. The number of aromatic amines is 1. The lowest BCUT2D eigenvalue weighted by Gasteiger charge is -2.07. The summed E-state index contributed by atoms with van der Waals surface area (Å²) in [7, 11) is 1.62. The van der Waals surface area contributed by atoms with Gasteiger partial charge in [-0.2, -0.15) is 0 Å². The molecule has 0 radical (unpaired) electrons. The van der Waals surface area contributed by atoms with Crippen LogP contribution in [0.1, 0.15) is 0 Å². The highest BCUT2D eigenvalue weighted by atomic mass is 16.5. The van der Waals surface area contributed by atoms with Gasteiger partial charge in [0.15, 0.2) is 5.96 Å². The summed E-state index contributed by atoms with van der Waals surface area (Å²) in [5.74, 6) is 1.07. The Hall–Kier alpha value is -3.22. The van der Waals surface area contributed by atoms with Crippen LogP contribution in [0.2, 0.25) is 0 Å². The number of hydrogen-bond acceptors (Lipinski definition) is 3. The van der Waals surface area contributed by atoms with Crippen molar-refractivity contribution in [2.75, 3.05) is 19.0 Å². The number of rotatable bonds is 5. The minimum atomic E-state index is -0.145. The van der Waals surface area contributed by atoms with Gasteiger partial charge in [0, 0.05) is 12.2 Å². The Morgan fingerprint density at radius 2 is 2.00 bits per heavy atom. The molecule has 7 heteroatoms. The molecule has 1 aromatic heterocycles. The first-order valence-electron chi connectivity index (χ1n) is 7.56. The molecule has 3 rings (SSSR count). The summed E-state index contributed by atoms with van der Waals surface area (Å²) >= 11 is 0. The van der Waals surface area contributed by atoms with Crippen molar-refractivity contribution in [3.8, 4) is 5.75 Å². The molecule has 24 heavy (non-hydrogen) atoms. The third-order valence-corrected chi connectivity index (χ3v) is 3.65. The predicted molar refractivity (Wildman–Crippen MR) is 95.7 cm³/mol. The quantitative estimate of drug-likeness (QED) is 0.492. The van der Waals surface area contributed by atoms with Gasteiger partial charge in [0.2, 0.25) is 0 Å². The SMILES string of the molecule is COc1ccc(NC(N)=NCCn2c(=O)[nH]c3ccccc32)cc1. The van der Waals surface area contributed by atoms with Crippen LogP contribution in [0.4, 0.5) is 5.69 Å². The van der Waals surface area contributed by atoms with Crippen LogP contribution in [0.5, 0.6) is 5.75 Å². The van der Waals surface area contributed by atoms with Gasteiger partial charge < -0.3 is 20.8 Å². The first-order valence-corrected chi connectivity index (χ1v) is 7.56. The van der Waals surface area contributed by atoms with Gasteiger partial charge in [-0.25, -0.2) is 4.79 Å². The maximum absolute atomic E-state index is 12.0. The van der Waals surface area contributed by atoms with E-state index in [9.17, 15) is 4.79 Å². The fraction of sp³-hybridized carbons (Fsp3) is 0.176. The summed E-state index contributed by atoms with van der Waals surface area (Å²) in [5, 5.41) is 3.00. The van der Waals surface area contributed by atoms with E-state index in [4.69, 9.17) is 10.5 Å².